The number of rotatable bonds is 8. The van der Waals surface area contributed by atoms with Crippen molar-refractivity contribution in [1.82, 2.24) is 5.32 Å². The van der Waals surface area contributed by atoms with Gasteiger partial charge >= 0.3 is 5.97 Å². The first-order valence-electron chi connectivity index (χ1n) is 6.43. The van der Waals surface area contributed by atoms with Crippen molar-refractivity contribution in [2.45, 2.75) is 31.7 Å². The van der Waals surface area contributed by atoms with E-state index in [1.54, 1.807) is 24.3 Å². The SMILES string of the molecule is NC(=O)CC[C@H](NC(=O)CCc1ccc(Cl)cc1)C(=O)O. The second kappa shape index (κ2) is 8.26. The van der Waals surface area contributed by atoms with Crippen molar-refractivity contribution in [1.29, 1.82) is 0 Å². The van der Waals surface area contributed by atoms with Crippen LogP contribution in [0.1, 0.15) is 24.8 Å². The van der Waals surface area contributed by atoms with Gasteiger partial charge < -0.3 is 16.2 Å². The van der Waals surface area contributed by atoms with Gasteiger partial charge in [0.1, 0.15) is 6.04 Å². The first kappa shape index (κ1) is 17.0. The van der Waals surface area contributed by atoms with Gasteiger partial charge in [0.25, 0.3) is 0 Å². The molecule has 4 N–H and O–H groups in total. The molecule has 0 aromatic heterocycles. The van der Waals surface area contributed by atoms with Crippen molar-refractivity contribution in [3.63, 3.8) is 0 Å². The van der Waals surface area contributed by atoms with Gasteiger partial charge in [0.05, 0.1) is 0 Å². The molecule has 0 fully saturated rings. The molecule has 0 heterocycles. The number of carbonyl (C=O) groups is 3. The standard InChI is InChI=1S/C14H17ClN2O4/c15-10-4-1-9(2-5-10)3-8-13(19)17-11(14(20)21)6-7-12(16)18/h1-2,4-5,11H,3,6-8H2,(H2,16,18)(H,17,19)(H,20,21)/t11-/m0/s1. The number of aliphatic carboxylic acids is 1. The third kappa shape index (κ3) is 6.76. The molecule has 0 saturated carbocycles. The van der Waals surface area contributed by atoms with Crippen molar-refractivity contribution < 1.29 is 19.5 Å². The Morgan fingerprint density at radius 2 is 1.81 bits per heavy atom. The van der Waals surface area contributed by atoms with Crippen LogP contribution < -0.4 is 11.1 Å². The maximum absolute atomic E-state index is 11.7. The molecule has 6 nitrogen and oxygen atoms in total. The van der Waals surface area contributed by atoms with E-state index in [4.69, 9.17) is 22.4 Å². The predicted octanol–water partition coefficient (Wildman–Crippen LogP) is 1.11. The molecule has 0 aliphatic heterocycles. The molecule has 0 aliphatic rings. The molecule has 0 aliphatic carbocycles. The molecule has 0 unspecified atom stereocenters. The zero-order valence-corrected chi connectivity index (χ0v) is 12.1. The lowest BCUT2D eigenvalue weighted by Gasteiger charge is -2.13. The summed E-state index contributed by atoms with van der Waals surface area (Å²) in [4.78, 5) is 33.4. The second-order valence-electron chi connectivity index (χ2n) is 4.59. The summed E-state index contributed by atoms with van der Waals surface area (Å²) in [5.74, 6) is -2.17. The van der Waals surface area contributed by atoms with Gasteiger partial charge in [-0.1, -0.05) is 23.7 Å². The van der Waals surface area contributed by atoms with Crippen molar-refractivity contribution >= 4 is 29.4 Å². The van der Waals surface area contributed by atoms with Crippen LogP contribution in [0.15, 0.2) is 24.3 Å². The van der Waals surface area contributed by atoms with E-state index in [0.29, 0.717) is 11.4 Å². The largest absolute Gasteiger partial charge is 0.480 e. The van der Waals surface area contributed by atoms with Crippen LogP contribution in [0, 0.1) is 0 Å². The minimum atomic E-state index is -1.18. The number of nitrogens with one attached hydrogen (secondary N) is 1. The maximum Gasteiger partial charge on any atom is 0.326 e. The van der Waals surface area contributed by atoms with E-state index in [9.17, 15) is 14.4 Å². The Balaban J connectivity index is 2.44. The second-order valence-corrected chi connectivity index (χ2v) is 5.03. The number of hydrogen-bond acceptors (Lipinski definition) is 3. The Morgan fingerprint density at radius 1 is 1.19 bits per heavy atom. The number of primary amides is 1. The van der Waals surface area contributed by atoms with Gasteiger partial charge in [-0.25, -0.2) is 4.79 Å². The fraction of sp³-hybridized carbons (Fsp3) is 0.357. The summed E-state index contributed by atoms with van der Waals surface area (Å²) in [5, 5.41) is 12.0. The van der Waals surface area contributed by atoms with E-state index in [0.717, 1.165) is 5.56 Å². The molecule has 7 heteroatoms. The summed E-state index contributed by atoms with van der Waals surface area (Å²) >= 11 is 5.76. The van der Waals surface area contributed by atoms with E-state index in [1.807, 2.05) is 0 Å². The maximum atomic E-state index is 11.7. The molecule has 0 radical (unpaired) electrons. The summed E-state index contributed by atoms with van der Waals surface area (Å²) in [7, 11) is 0. The fourth-order valence-electron chi connectivity index (χ4n) is 1.72. The monoisotopic (exact) mass is 312 g/mol. The van der Waals surface area contributed by atoms with Crippen LogP contribution in [0.3, 0.4) is 0 Å². The minimum Gasteiger partial charge on any atom is -0.480 e. The van der Waals surface area contributed by atoms with Crippen LogP contribution in [-0.2, 0) is 20.8 Å². The van der Waals surface area contributed by atoms with Gasteiger partial charge in [-0.15, -0.1) is 0 Å². The fourth-order valence-corrected chi connectivity index (χ4v) is 1.85. The predicted molar refractivity (Wildman–Crippen MR) is 77.8 cm³/mol. The smallest absolute Gasteiger partial charge is 0.326 e. The third-order valence-corrected chi connectivity index (χ3v) is 3.12. The molecule has 1 rings (SSSR count). The molecule has 21 heavy (non-hydrogen) atoms. The van der Waals surface area contributed by atoms with Gasteiger partial charge in [-0.05, 0) is 30.5 Å². The molecule has 1 atom stereocenters. The van der Waals surface area contributed by atoms with E-state index in [-0.39, 0.29) is 25.2 Å². The molecule has 2 amide bonds. The number of carbonyl (C=O) groups excluding carboxylic acids is 2. The molecular formula is C14H17ClN2O4. The van der Waals surface area contributed by atoms with Crippen LogP contribution in [0.4, 0.5) is 0 Å². The van der Waals surface area contributed by atoms with E-state index >= 15 is 0 Å². The van der Waals surface area contributed by atoms with Crippen LogP contribution in [-0.4, -0.2) is 28.9 Å². The van der Waals surface area contributed by atoms with Gasteiger partial charge in [0.15, 0.2) is 0 Å². The average molecular weight is 313 g/mol. The van der Waals surface area contributed by atoms with E-state index < -0.39 is 17.9 Å². The Hall–Kier alpha value is -2.08. The van der Waals surface area contributed by atoms with Crippen LogP contribution >= 0.6 is 11.6 Å². The molecule has 0 spiro atoms. The highest BCUT2D eigenvalue weighted by atomic mass is 35.5. The summed E-state index contributed by atoms with van der Waals surface area (Å²) in [6, 6.07) is 5.95. The topological polar surface area (TPSA) is 109 Å². The first-order valence-corrected chi connectivity index (χ1v) is 6.81. The van der Waals surface area contributed by atoms with Gasteiger partial charge in [0.2, 0.25) is 11.8 Å². The Morgan fingerprint density at radius 3 is 2.33 bits per heavy atom. The lowest BCUT2D eigenvalue weighted by molar-refractivity contribution is -0.142. The van der Waals surface area contributed by atoms with Gasteiger partial charge in [-0.3, -0.25) is 9.59 Å². The van der Waals surface area contributed by atoms with Crippen LogP contribution in [0.2, 0.25) is 5.02 Å². The number of amides is 2. The lowest BCUT2D eigenvalue weighted by atomic mass is 10.1. The summed E-state index contributed by atoms with van der Waals surface area (Å²) in [6.45, 7) is 0. The van der Waals surface area contributed by atoms with Crippen molar-refractivity contribution in [2.24, 2.45) is 5.73 Å². The third-order valence-electron chi connectivity index (χ3n) is 2.87. The van der Waals surface area contributed by atoms with E-state index in [2.05, 4.69) is 5.32 Å². The number of carboxylic acids is 1. The Labute approximate surface area is 127 Å². The molecule has 1 aromatic rings. The summed E-state index contributed by atoms with van der Waals surface area (Å²) in [6.07, 6.45) is 0.527. The molecule has 0 bridgehead atoms. The van der Waals surface area contributed by atoms with Crippen molar-refractivity contribution in [3.8, 4) is 0 Å². The Bertz CT molecular complexity index is 516. The highest BCUT2D eigenvalue weighted by Crippen LogP contribution is 2.11. The molecular weight excluding hydrogens is 296 g/mol. The number of aryl methyl sites for hydroxylation is 1. The zero-order valence-electron chi connectivity index (χ0n) is 11.3. The molecule has 1 aromatic carbocycles. The summed E-state index contributed by atoms with van der Waals surface area (Å²) in [5.41, 5.74) is 5.89. The Kier molecular flexibility index (Phi) is 6.68. The number of benzene rings is 1. The molecule has 114 valence electrons. The van der Waals surface area contributed by atoms with Gasteiger partial charge in [0, 0.05) is 17.9 Å². The van der Waals surface area contributed by atoms with Crippen molar-refractivity contribution in [3.05, 3.63) is 34.9 Å². The minimum absolute atomic E-state index is 0.0165. The number of hydrogen-bond donors (Lipinski definition) is 3. The van der Waals surface area contributed by atoms with Crippen LogP contribution in [0.5, 0.6) is 0 Å². The van der Waals surface area contributed by atoms with Crippen LogP contribution in [0.25, 0.3) is 0 Å². The van der Waals surface area contributed by atoms with Crippen molar-refractivity contribution in [2.75, 3.05) is 0 Å². The number of nitrogens with two attached hydrogens (primary N) is 1. The number of halogens is 1. The van der Waals surface area contributed by atoms with E-state index in [1.165, 1.54) is 0 Å². The highest BCUT2D eigenvalue weighted by Gasteiger charge is 2.20. The highest BCUT2D eigenvalue weighted by molar-refractivity contribution is 6.30. The average Bonchev–Trinajstić information content (AvgIpc) is 2.42. The zero-order chi connectivity index (χ0) is 15.8. The van der Waals surface area contributed by atoms with Gasteiger partial charge in [-0.2, -0.15) is 0 Å². The number of carboxylic acid groups (broad SMARTS) is 1. The lowest BCUT2D eigenvalue weighted by Crippen LogP contribution is -2.41. The quantitative estimate of drug-likeness (QED) is 0.667. The summed E-state index contributed by atoms with van der Waals surface area (Å²) < 4.78 is 0. The first-order chi connectivity index (χ1) is 9.88. The molecule has 0 saturated heterocycles. The normalized spacial score (nSPS) is 11.7.